The molecule has 5 heteroatoms. The maximum absolute atomic E-state index is 10.6. The molecule has 0 rings (SSSR count). The lowest BCUT2D eigenvalue weighted by molar-refractivity contribution is 0.0306. The Kier molecular flexibility index (Phi) is 13.3. The van der Waals surface area contributed by atoms with E-state index in [9.17, 15) is 5.11 Å². The van der Waals surface area contributed by atoms with Crippen LogP contribution in [0.5, 0.6) is 0 Å². The summed E-state index contributed by atoms with van der Waals surface area (Å²) in [4.78, 5) is 4.58. The molecule has 0 aliphatic carbocycles. The van der Waals surface area contributed by atoms with Crippen LogP contribution >= 0.6 is 0 Å². The van der Waals surface area contributed by atoms with Crippen LogP contribution < -0.4 is 10.6 Å². The number of aliphatic hydroxyl groups is 1. The molecule has 0 fully saturated rings. The van der Waals surface area contributed by atoms with Gasteiger partial charge < -0.3 is 20.5 Å². The minimum absolute atomic E-state index is 0.466. The molecule has 0 saturated heterocycles. The molecule has 3 N–H and O–H groups in total. The van der Waals surface area contributed by atoms with E-state index in [4.69, 9.17) is 4.74 Å². The van der Waals surface area contributed by atoms with Gasteiger partial charge in [0, 0.05) is 26.8 Å². The number of hydrogen-bond donors (Lipinski definition) is 3. The van der Waals surface area contributed by atoms with Crippen molar-refractivity contribution in [2.75, 3.05) is 33.4 Å². The van der Waals surface area contributed by atoms with E-state index in [0.717, 1.165) is 70.6 Å². The Balaban J connectivity index is 4.27. The predicted molar refractivity (Wildman–Crippen MR) is 94.5 cm³/mol. The van der Waals surface area contributed by atoms with E-state index in [-0.39, 0.29) is 0 Å². The summed E-state index contributed by atoms with van der Waals surface area (Å²) in [5.41, 5.74) is -0.662. The summed E-state index contributed by atoms with van der Waals surface area (Å²) >= 11 is 0. The topological polar surface area (TPSA) is 65.9 Å². The molecule has 0 atom stereocenters. The van der Waals surface area contributed by atoms with Crippen LogP contribution in [-0.4, -0.2) is 50.0 Å². The molecule has 0 aromatic carbocycles. The normalized spacial score (nSPS) is 12.5. The summed E-state index contributed by atoms with van der Waals surface area (Å²) in [5.74, 6) is 0.805. The first-order valence-electron chi connectivity index (χ1n) is 8.85. The van der Waals surface area contributed by atoms with Gasteiger partial charge in [-0.15, -0.1) is 0 Å². The molecular formula is C17H37N3O2. The van der Waals surface area contributed by atoms with E-state index in [0.29, 0.717) is 6.54 Å². The molecule has 0 bridgehead atoms. The van der Waals surface area contributed by atoms with Gasteiger partial charge in [-0.1, -0.05) is 26.7 Å². The molecule has 0 radical (unpaired) electrons. The second-order valence-corrected chi connectivity index (χ2v) is 5.90. The molecule has 132 valence electrons. The minimum atomic E-state index is -0.662. The van der Waals surface area contributed by atoms with Crippen molar-refractivity contribution in [3.05, 3.63) is 0 Å². The highest BCUT2D eigenvalue weighted by Gasteiger charge is 2.24. The van der Waals surface area contributed by atoms with Crippen molar-refractivity contribution in [3.8, 4) is 0 Å². The summed E-state index contributed by atoms with van der Waals surface area (Å²) in [6.07, 6.45) is 6.92. The second-order valence-electron chi connectivity index (χ2n) is 5.90. The molecule has 22 heavy (non-hydrogen) atoms. The zero-order chi connectivity index (χ0) is 16.7. The van der Waals surface area contributed by atoms with Gasteiger partial charge in [-0.3, -0.25) is 4.99 Å². The van der Waals surface area contributed by atoms with Crippen LogP contribution in [-0.2, 0) is 4.74 Å². The Hall–Kier alpha value is -0.810. The number of nitrogens with one attached hydrogen (secondary N) is 2. The molecule has 0 heterocycles. The molecule has 0 aromatic heterocycles. The average Bonchev–Trinajstić information content (AvgIpc) is 2.49. The van der Waals surface area contributed by atoms with Crippen molar-refractivity contribution in [1.82, 2.24) is 10.6 Å². The summed E-state index contributed by atoms with van der Waals surface area (Å²) in [6, 6.07) is 0. The smallest absolute Gasteiger partial charge is 0.191 e. The molecule has 0 amide bonds. The van der Waals surface area contributed by atoms with Gasteiger partial charge in [0.1, 0.15) is 0 Å². The van der Waals surface area contributed by atoms with Crippen molar-refractivity contribution in [1.29, 1.82) is 0 Å². The number of hydrogen-bond acceptors (Lipinski definition) is 3. The summed E-state index contributed by atoms with van der Waals surface area (Å²) in [5, 5.41) is 17.2. The maximum atomic E-state index is 10.6. The highest BCUT2D eigenvalue weighted by Crippen LogP contribution is 2.19. The van der Waals surface area contributed by atoms with Crippen molar-refractivity contribution in [3.63, 3.8) is 0 Å². The van der Waals surface area contributed by atoms with Gasteiger partial charge in [0.15, 0.2) is 5.96 Å². The van der Waals surface area contributed by atoms with Crippen LogP contribution in [0, 0.1) is 0 Å². The second kappa shape index (κ2) is 13.8. The Morgan fingerprint density at radius 3 is 2.27 bits per heavy atom. The predicted octanol–water partition coefficient (Wildman–Crippen LogP) is 2.69. The van der Waals surface area contributed by atoms with E-state index in [1.807, 2.05) is 0 Å². The van der Waals surface area contributed by atoms with E-state index < -0.39 is 5.60 Å². The number of unbranched alkanes of at least 4 members (excludes halogenated alkanes) is 2. The number of rotatable bonds is 13. The van der Waals surface area contributed by atoms with Crippen LogP contribution in [0.3, 0.4) is 0 Å². The Morgan fingerprint density at radius 1 is 1.05 bits per heavy atom. The molecule has 5 nitrogen and oxygen atoms in total. The summed E-state index contributed by atoms with van der Waals surface area (Å²) in [7, 11) is 1.74. The van der Waals surface area contributed by atoms with E-state index in [1.54, 1.807) is 7.11 Å². The molecular weight excluding hydrogens is 278 g/mol. The van der Waals surface area contributed by atoms with E-state index in [2.05, 4.69) is 36.4 Å². The first-order chi connectivity index (χ1) is 10.6. The lowest BCUT2D eigenvalue weighted by Gasteiger charge is -2.26. The third-order valence-corrected chi connectivity index (χ3v) is 3.62. The Bertz CT molecular complexity index is 277. The third-order valence-electron chi connectivity index (χ3n) is 3.62. The Labute approximate surface area is 136 Å². The zero-order valence-electron chi connectivity index (χ0n) is 15.1. The number of methoxy groups -OCH3 is 1. The summed E-state index contributed by atoms with van der Waals surface area (Å²) in [6.45, 7) is 9.29. The van der Waals surface area contributed by atoms with E-state index >= 15 is 0 Å². The van der Waals surface area contributed by atoms with Gasteiger partial charge in [-0.25, -0.2) is 0 Å². The van der Waals surface area contributed by atoms with Crippen molar-refractivity contribution < 1.29 is 9.84 Å². The molecule has 0 aromatic rings. The zero-order valence-corrected chi connectivity index (χ0v) is 15.1. The van der Waals surface area contributed by atoms with Gasteiger partial charge >= 0.3 is 0 Å². The SMILES string of the molecule is CCCC(O)(CCC)CN=C(NCC)NCCCCCOC. The van der Waals surface area contributed by atoms with Gasteiger partial charge in [0.05, 0.1) is 12.1 Å². The lowest BCUT2D eigenvalue weighted by atomic mass is 9.93. The molecule has 0 unspecified atom stereocenters. The van der Waals surface area contributed by atoms with Gasteiger partial charge in [-0.2, -0.15) is 0 Å². The van der Waals surface area contributed by atoms with Crippen molar-refractivity contribution >= 4 is 5.96 Å². The van der Waals surface area contributed by atoms with E-state index in [1.165, 1.54) is 0 Å². The van der Waals surface area contributed by atoms with Crippen LogP contribution in [0.4, 0.5) is 0 Å². The number of nitrogens with zero attached hydrogens (tertiary/aromatic N) is 1. The van der Waals surface area contributed by atoms with Gasteiger partial charge in [0.25, 0.3) is 0 Å². The lowest BCUT2D eigenvalue weighted by Crippen LogP contribution is -2.40. The quantitative estimate of drug-likeness (QED) is 0.278. The van der Waals surface area contributed by atoms with Gasteiger partial charge in [-0.05, 0) is 39.0 Å². The molecule has 0 saturated carbocycles. The highest BCUT2D eigenvalue weighted by atomic mass is 16.5. The van der Waals surface area contributed by atoms with Crippen LogP contribution in [0.1, 0.15) is 65.7 Å². The third kappa shape index (κ3) is 10.9. The average molecular weight is 316 g/mol. The number of aliphatic imine (C=N–C) groups is 1. The number of guanidine groups is 1. The fourth-order valence-corrected chi connectivity index (χ4v) is 2.54. The van der Waals surface area contributed by atoms with Crippen LogP contribution in [0.15, 0.2) is 4.99 Å². The maximum Gasteiger partial charge on any atom is 0.191 e. The fourth-order valence-electron chi connectivity index (χ4n) is 2.54. The minimum Gasteiger partial charge on any atom is -0.388 e. The largest absolute Gasteiger partial charge is 0.388 e. The highest BCUT2D eigenvalue weighted by molar-refractivity contribution is 5.79. The van der Waals surface area contributed by atoms with Gasteiger partial charge in [0.2, 0.25) is 0 Å². The fraction of sp³-hybridized carbons (Fsp3) is 0.941. The van der Waals surface area contributed by atoms with Crippen LogP contribution in [0.25, 0.3) is 0 Å². The van der Waals surface area contributed by atoms with Crippen molar-refractivity contribution in [2.24, 2.45) is 4.99 Å². The first-order valence-corrected chi connectivity index (χ1v) is 8.85. The summed E-state index contributed by atoms with van der Waals surface area (Å²) < 4.78 is 5.05. The number of ether oxygens (including phenoxy) is 1. The monoisotopic (exact) mass is 315 g/mol. The Morgan fingerprint density at radius 2 is 1.73 bits per heavy atom. The molecule has 0 aliphatic rings. The molecule has 0 aliphatic heterocycles. The van der Waals surface area contributed by atoms with Crippen molar-refractivity contribution in [2.45, 2.75) is 71.3 Å². The molecule has 0 spiro atoms. The van der Waals surface area contributed by atoms with Crippen LogP contribution in [0.2, 0.25) is 0 Å². The standard InChI is InChI=1S/C17H37N3O2/c1-5-11-17(21,12-6-2)15-20-16(18-7-3)19-13-9-8-10-14-22-4/h21H,5-15H2,1-4H3,(H2,18,19,20). The first kappa shape index (κ1) is 21.2.